The zero-order valence-electron chi connectivity index (χ0n) is 12.5. The number of esters is 1. The van der Waals surface area contributed by atoms with E-state index in [1.807, 2.05) is 0 Å². The summed E-state index contributed by atoms with van der Waals surface area (Å²) in [6, 6.07) is 6.18. The summed E-state index contributed by atoms with van der Waals surface area (Å²) in [5.74, 6) is -1.09. The lowest BCUT2D eigenvalue weighted by atomic mass is 10.2. The van der Waals surface area contributed by atoms with E-state index >= 15 is 0 Å². The first-order chi connectivity index (χ1) is 11.7. The van der Waals surface area contributed by atoms with Gasteiger partial charge in [0, 0.05) is 18.1 Å². The Labute approximate surface area is 135 Å². The fraction of sp³-hybridized carbons (Fsp3) is 0.0667. The summed E-state index contributed by atoms with van der Waals surface area (Å²) >= 11 is 0. The maximum absolute atomic E-state index is 12.1. The monoisotopic (exact) mass is 325 g/mol. The predicted molar refractivity (Wildman–Crippen MR) is 81.1 cm³/mol. The largest absolute Gasteiger partial charge is 0.465 e. The van der Waals surface area contributed by atoms with Crippen LogP contribution in [0, 0.1) is 0 Å². The number of anilines is 1. The lowest BCUT2D eigenvalue weighted by Crippen LogP contribution is -2.12. The summed E-state index contributed by atoms with van der Waals surface area (Å²) in [6.07, 6.45) is 4.45. The van der Waals surface area contributed by atoms with Crippen LogP contribution in [0.25, 0.3) is 11.5 Å². The second kappa shape index (κ2) is 6.65. The molecule has 3 rings (SSSR count). The summed E-state index contributed by atoms with van der Waals surface area (Å²) in [4.78, 5) is 35.3. The number of rotatable bonds is 4. The molecule has 120 valence electrons. The Balaban J connectivity index is 1.71. The highest BCUT2D eigenvalue weighted by molar-refractivity contribution is 6.01. The Morgan fingerprint density at radius 1 is 1.17 bits per heavy atom. The molecule has 0 atom stereocenters. The van der Waals surface area contributed by atoms with Crippen LogP contribution in [0.1, 0.15) is 21.0 Å². The summed E-state index contributed by atoms with van der Waals surface area (Å²) < 4.78 is 9.52. The topological polar surface area (TPSA) is 120 Å². The van der Waals surface area contributed by atoms with Gasteiger partial charge in [0.1, 0.15) is 5.69 Å². The van der Waals surface area contributed by atoms with Gasteiger partial charge in [0.25, 0.3) is 0 Å². The third-order valence-electron chi connectivity index (χ3n) is 2.98. The Morgan fingerprint density at radius 3 is 2.62 bits per heavy atom. The van der Waals surface area contributed by atoms with E-state index < -0.39 is 11.9 Å². The van der Waals surface area contributed by atoms with Crippen LogP contribution in [0.5, 0.6) is 0 Å². The summed E-state index contributed by atoms with van der Waals surface area (Å²) in [5.41, 5.74) is 1.23. The van der Waals surface area contributed by atoms with Crippen molar-refractivity contribution < 1.29 is 18.8 Å². The zero-order valence-corrected chi connectivity index (χ0v) is 12.5. The molecule has 0 unspecified atom stereocenters. The SMILES string of the molecule is COC(=O)c1ccc(NC(=O)c2nc(-c3cnccn3)no2)cc1. The standard InChI is InChI=1S/C15H11N5O4/c1-23-15(22)9-2-4-10(5-3-9)18-13(21)14-19-12(20-24-14)11-8-16-6-7-17-11/h2-8H,1H3,(H,18,21). The fourth-order valence-corrected chi connectivity index (χ4v) is 1.83. The summed E-state index contributed by atoms with van der Waals surface area (Å²) in [7, 11) is 1.29. The quantitative estimate of drug-likeness (QED) is 0.718. The fourth-order valence-electron chi connectivity index (χ4n) is 1.83. The van der Waals surface area contributed by atoms with Crippen molar-refractivity contribution in [3.05, 3.63) is 54.3 Å². The zero-order chi connectivity index (χ0) is 16.9. The van der Waals surface area contributed by atoms with Crippen LogP contribution >= 0.6 is 0 Å². The van der Waals surface area contributed by atoms with Gasteiger partial charge in [-0.25, -0.2) is 9.78 Å². The highest BCUT2D eigenvalue weighted by atomic mass is 16.5. The smallest absolute Gasteiger partial charge is 0.337 e. The molecule has 0 aliphatic rings. The van der Waals surface area contributed by atoms with E-state index in [1.54, 1.807) is 12.1 Å². The van der Waals surface area contributed by atoms with Crippen molar-refractivity contribution in [3.8, 4) is 11.5 Å². The number of hydrogen-bond acceptors (Lipinski definition) is 8. The van der Waals surface area contributed by atoms with Crippen molar-refractivity contribution >= 4 is 17.6 Å². The molecular formula is C15H11N5O4. The molecule has 0 spiro atoms. The normalized spacial score (nSPS) is 10.2. The molecule has 0 bridgehead atoms. The van der Waals surface area contributed by atoms with Crippen molar-refractivity contribution in [2.75, 3.05) is 12.4 Å². The lowest BCUT2D eigenvalue weighted by molar-refractivity contribution is 0.0600. The van der Waals surface area contributed by atoms with E-state index in [2.05, 4.69) is 30.2 Å². The van der Waals surface area contributed by atoms with Gasteiger partial charge in [-0.2, -0.15) is 4.98 Å². The van der Waals surface area contributed by atoms with E-state index in [0.29, 0.717) is 16.9 Å². The van der Waals surface area contributed by atoms with Gasteiger partial charge >= 0.3 is 17.8 Å². The Morgan fingerprint density at radius 2 is 1.96 bits per heavy atom. The molecule has 9 heteroatoms. The van der Waals surface area contributed by atoms with Crippen LogP contribution in [0.3, 0.4) is 0 Å². The molecule has 0 radical (unpaired) electrons. The highest BCUT2D eigenvalue weighted by Crippen LogP contribution is 2.14. The van der Waals surface area contributed by atoms with Crippen molar-refractivity contribution in [3.63, 3.8) is 0 Å². The first-order valence-electron chi connectivity index (χ1n) is 6.77. The van der Waals surface area contributed by atoms with Crippen LogP contribution in [0.4, 0.5) is 5.69 Å². The molecule has 24 heavy (non-hydrogen) atoms. The van der Waals surface area contributed by atoms with Crippen molar-refractivity contribution in [2.24, 2.45) is 0 Å². The molecule has 9 nitrogen and oxygen atoms in total. The maximum Gasteiger partial charge on any atom is 0.337 e. The Bertz CT molecular complexity index is 861. The van der Waals surface area contributed by atoms with E-state index in [0.717, 1.165) is 0 Å². The number of nitrogens with one attached hydrogen (secondary N) is 1. The van der Waals surface area contributed by atoms with Gasteiger partial charge in [-0.15, -0.1) is 0 Å². The molecule has 2 heterocycles. The molecule has 1 aromatic carbocycles. The average molecular weight is 325 g/mol. The minimum Gasteiger partial charge on any atom is -0.465 e. The molecule has 2 aromatic heterocycles. The van der Waals surface area contributed by atoms with Crippen molar-refractivity contribution in [2.45, 2.75) is 0 Å². The van der Waals surface area contributed by atoms with Crippen LogP contribution in [-0.2, 0) is 4.74 Å². The van der Waals surface area contributed by atoms with Crippen LogP contribution < -0.4 is 5.32 Å². The number of carbonyl (C=O) groups excluding carboxylic acids is 2. The highest BCUT2D eigenvalue weighted by Gasteiger charge is 2.17. The van der Waals surface area contributed by atoms with E-state index in [1.165, 1.54) is 37.8 Å². The van der Waals surface area contributed by atoms with Crippen molar-refractivity contribution in [1.29, 1.82) is 0 Å². The van der Waals surface area contributed by atoms with Crippen molar-refractivity contribution in [1.82, 2.24) is 20.1 Å². The molecule has 0 aliphatic heterocycles. The first-order valence-corrected chi connectivity index (χ1v) is 6.77. The van der Waals surface area contributed by atoms with Crippen LogP contribution in [-0.4, -0.2) is 39.1 Å². The number of ether oxygens (including phenoxy) is 1. The molecule has 1 N–H and O–H groups in total. The van der Waals surface area contributed by atoms with E-state index in [-0.39, 0.29) is 11.7 Å². The van der Waals surface area contributed by atoms with Crippen LogP contribution in [0.2, 0.25) is 0 Å². The average Bonchev–Trinajstić information content (AvgIpc) is 3.13. The number of aromatic nitrogens is 4. The van der Waals surface area contributed by atoms with Crippen LogP contribution in [0.15, 0.2) is 47.4 Å². The van der Waals surface area contributed by atoms with Gasteiger partial charge in [-0.05, 0) is 24.3 Å². The number of carbonyl (C=O) groups is 2. The van der Waals surface area contributed by atoms with E-state index in [9.17, 15) is 9.59 Å². The molecule has 0 saturated heterocycles. The number of benzene rings is 1. The van der Waals surface area contributed by atoms with Gasteiger partial charge in [0.2, 0.25) is 5.82 Å². The Hall–Kier alpha value is -3.62. The second-order valence-electron chi connectivity index (χ2n) is 4.54. The maximum atomic E-state index is 12.1. The second-order valence-corrected chi connectivity index (χ2v) is 4.54. The lowest BCUT2D eigenvalue weighted by Gasteiger charge is -2.03. The molecule has 0 saturated carbocycles. The third-order valence-corrected chi connectivity index (χ3v) is 2.98. The number of nitrogens with zero attached hydrogens (tertiary/aromatic N) is 4. The van der Waals surface area contributed by atoms with Gasteiger partial charge in [0.05, 0.1) is 18.9 Å². The molecule has 3 aromatic rings. The van der Waals surface area contributed by atoms with Gasteiger partial charge < -0.3 is 14.6 Å². The van der Waals surface area contributed by atoms with Gasteiger partial charge in [-0.1, -0.05) is 5.16 Å². The third kappa shape index (κ3) is 3.24. The minimum atomic E-state index is -0.580. The minimum absolute atomic E-state index is 0.161. The van der Waals surface area contributed by atoms with Gasteiger partial charge in [-0.3, -0.25) is 9.78 Å². The summed E-state index contributed by atoms with van der Waals surface area (Å²) in [5, 5.41) is 6.27. The number of hydrogen-bond donors (Lipinski definition) is 1. The molecular weight excluding hydrogens is 314 g/mol. The number of amides is 1. The van der Waals surface area contributed by atoms with Gasteiger partial charge in [0.15, 0.2) is 0 Å². The first kappa shape index (κ1) is 15.3. The van der Waals surface area contributed by atoms with E-state index in [4.69, 9.17) is 4.52 Å². The summed E-state index contributed by atoms with van der Waals surface area (Å²) in [6.45, 7) is 0. The predicted octanol–water partition coefficient (Wildman–Crippen LogP) is 1.57. The molecule has 1 amide bonds. The molecule has 0 aliphatic carbocycles. The number of methoxy groups -OCH3 is 1. The Kier molecular flexibility index (Phi) is 4.23. The molecule has 0 fully saturated rings.